The summed E-state index contributed by atoms with van der Waals surface area (Å²) in [6.07, 6.45) is -1.88. The lowest BCUT2D eigenvalue weighted by Gasteiger charge is -2.00. The topological polar surface area (TPSA) is 82.1 Å². The van der Waals surface area contributed by atoms with Gasteiger partial charge < -0.3 is 0 Å². The molecule has 6 heteroatoms. The summed E-state index contributed by atoms with van der Waals surface area (Å²) in [7, 11) is 0. The third-order valence-corrected chi connectivity index (χ3v) is 0.524. The number of carbonyl (C=O) groups excluding carboxylic acids is 2. The molecule has 10 heavy (non-hydrogen) atoms. The van der Waals surface area contributed by atoms with Crippen LogP contribution in [0.5, 0.6) is 0 Å². The second-order valence-corrected chi connectivity index (χ2v) is 1.45. The molecule has 0 aromatic heterocycles. The van der Waals surface area contributed by atoms with Crippen molar-refractivity contribution in [1.82, 2.24) is 10.6 Å². The van der Waals surface area contributed by atoms with Crippen LogP contribution in [0.2, 0.25) is 0 Å². The van der Waals surface area contributed by atoms with Crippen molar-refractivity contribution in [2.24, 2.45) is 0 Å². The van der Waals surface area contributed by atoms with Gasteiger partial charge in [0, 0.05) is 6.92 Å². The van der Waals surface area contributed by atoms with E-state index in [0.29, 0.717) is 0 Å². The lowest BCUT2D eigenvalue weighted by atomic mass is 10.7. The van der Waals surface area contributed by atoms with Gasteiger partial charge >= 0.3 is 6.16 Å². The largest absolute Gasteiger partial charge is 0.404 e. The number of halogens is 1. The Bertz CT molecular complexity index is 161. The normalized spacial score (nSPS) is 8.20. The Balaban J connectivity index is 3.65. The molecule has 0 aliphatic carbocycles. The highest BCUT2D eigenvalue weighted by Crippen LogP contribution is 1.69. The van der Waals surface area contributed by atoms with Crippen LogP contribution in [0.25, 0.3) is 0 Å². The number of guanidine groups is 1. The van der Waals surface area contributed by atoms with E-state index in [9.17, 15) is 14.0 Å². The van der Waals surface area contributed by atoms with Gasteiger partial charge in [0.05, 0.1) is 0 Å². The lowest BCUT2D eigenvalue weighted by molar-refractivity contribution is -0.117. The molecule has 0 unspecified atom stereocenters. The summed E-state index contributed by atoms with van der Waals surface area (Å²) in [6, 6.07) is 0. The zero-order chi connectivity index (χ0) is 8.15. The molecule has 0 atom stereocenters. The molecule has 0 bridgehead atoms. The van der Waals surface area contributed by atoms with E-state index in [1.807, 2.05) is 5.32 Å². The van der Waals surface area contributed by atoms with Gasteiger partial charge in [-0.05, 0) is 0 Å². The Kier molecular flexibility index (Phi) is 3.03. The minimum absolute atomic E-state index is 0.543. The molecular formula is C4H6FN3O2. The number of hydrogen-bond donors (Lipinski definition) is 3. The first-order chi connectivity index (χ1) is 4.52. The Morgan fingerprint density at radius 2 is 1.90 bits per heavy atom. The molecule has 0 fully saturated rings. The van der Waals surface area contributed by atoms with Crippen molar-refractivity contribution in [3.05, 3.63) is 0 Å². The quantitative estimate of drug-likeness (QED) is 0.191. The highest BCUT2D eigenvalue weighted by atomic mass is 19.1. The lowest BCUT2D eigenvalue weighted by Crippen LogP contribution is -2.40. The van der Waals surface area contributed by atoms with Crippen LogP contribution >= 0.6 is 0 Å². The van der Waals surface area contributed by atoms with Crippen molar-refractivity contribution in [3.63, 3.8) is 0 Å². The molecular weight excluding hydrogens is 141 g/mol. The van der Waals surface area contributed by atoms with Gasteiger partial charge in [-0.3, -0.25) is 20.8 Å². The van der Waals surface area contributed by atoms with Gasteiger partial charge in [-0.2, -0.15) is 0 Å². The third-order valence-electron chi connectivity index (χ3n) is 0.524. The highest BCUT2D eigenvalue weighted by Gasteiger charge is 2.01. The van der Waals surface area contributed by atoms with Gasteiger partial charge in [-0.1, -0.05) is 0 Å². The highest BCUT2D eigenvalue weighted by molar-refractivity contribution is 6.00. The van der Waals surface area contributed by atoms with Crippen LogP contribution in [0.15, 0.2) is 0 Å². The molecule has 0 aromatic carbocycles. The number of nitrogens with one attached hydrogen (secondary N) is 3. The van der Waals surface area contributed by atoms with E-state index in [0.717, 1.165) is 6.92 Å². The van der Waals surface area contributed by atoms with Gasteiger partial charge in [0.1, 0.15) is 0 Å². The molecule has 0 aliphatic heterocycles. The summed E-state index contributed by atoms with van der Waals surface area (Å²) >= 11 is 0. The van der Waals surface area contributed by atoms with Crippen molar-refractivity contribution < 1.29 is 14.0 Å². The van der Waals surface area contributed by atoms with E-state index in [2.05, 4.69) is 0 Å². The fourth-order valence-corrected chi connectivity index (χ4v) is 0.306. The Hall–Kier alpha value is -1.46. The summed E-state index contributed by atoms with van der Waals surface area (Å²) in [5.41, 5.74) is 0. The Morgan fingerprint density at radius 3 is 2.20 bits per heavy atom. The SMILES string of the molecule is CC(=O)NC(=N)NC(=O)F. The van der Waals surface area contributed by atoms with Crippen molar-refractivity contribution in [2.45, 2.75) is 6.92 Å². The Labute approximate surface area is 56.1 Å². The van der Waals surface area contributed by atoms with E-state index in [-0.39, 0.29) is 0 Å². The van der Waals surface area contributed by atoms with E-state index >= 15 is 0 Å². The van der Waals surface area contributed by atoms with Crippen molar-refractivity contribution in [1.29, 1.82) is 5.41 Å². The molecule has 0 rings (SSSR count). The number of rotatable bonds is 0. The average molecular weight is 147 g/mol. The standard InChI is InChI=1S/C4H6FN3O2/c1-2(9)7-4(6)8-3(5)10/h1H3,(H3,6,7,8,9,10). The molecule has 0 spiro atoms. The van der Waals surface area contributed by atoms with Crippen LogP contribution in [0.1, 0.15) is 6.92 Å². The number of hydrogen-bond acceptors (Lipinski definition) is 3. The zero-order valence-corrected chi connectivity index (χ0v) is 5.19. The fourth-order valence-electron chi connectivity index (χ4n) is 0.306. The second kappa shape index (κ2) is 3.54. The maximum Gasteiger partial charge on any atom is 0.404 e. The monoisotopic (exact) mass is 147 g/mol. The van der Waals surface area contributed by atoms with Crippen molar-refractivity contribution >= 4 is 18.0 Å². The van der Waals surface area contributed by atoms with Crippen LogP contribution in [0.3, 0.4) is 0 Å². The maximum absolute atomic E-state index is 11.4. The summed E-state index contributed by atoms with van der Waals surface area (Å²) in [5.74, 6) is -1.21. The number of carbonyl (C=O) groups is 2. The predicted molar refractivity (Wildman–Crippen MR) is 31.2 cm³/mol. The first kappa shape index (κ1) is 8.54. The second-order valence-electron chi connectivity index (χ2n) is 1.45. The van der Waals surface area contributed by atoms with Crippen LogP contribution < -0.4 is 10.6 Å². The first-order valence-electron chi connectivity index (χ1n) is 2.35. The van der Waals surface area contributed by atoms with Crippen LogP contribution in [-0.4, -0.2) is 18.0 Å². The van der Waals surface area contributed by atoms with Crippen LogP contribution in [-0.2, 0) is 4.79 Å². The van der Waals surface area contributed by atoms with Crippen molar-refractivity contribution in [3.8, 4) is 0 Å². The van der Waals surface area contributed by atoms with Crippen molar-refractivity contribution in [2.75, 3.05) is 0 Å². The predicted octanol–water partition coefficient (Wildman–Crippen LogP) is -0.264. The molecule has 3 N–H and O–H groups in total. The van der Waals surface area contributed by atoms with E-state index in [1.165, 1.54) is 5.32 Å². The van der Waals surface area contributed by atoms with E-state index in [1.54, 1.807) is 0 Å². The smallest absolute Gasteiger partial charge is 0.297 e. The Morgan fingerprint density at radius 1 is 1.40 bits per heavy atom. The first-order valence-corrected chi connectivity index (χ1v) is 2.35. The van der Waals surface area contributed by atoms with Crippen LogP contribution in [0, 0.1) is 5.41 Å². The van der Waals surface area contributed by atoms with Gasteiger partial charge in [-0.15, -0.1) is 4.39 Å². The van der Waals surface area contributed by atoms with Gasteiger partial charge in [0.15, 0.2) is 0 Å². The molecule has 0 aromatic rings. The molecule has 0 heterocycles. The summed E-state index contributed by atoms with van der Waals surface area (Å²) in [5, 5.41) is 9.91. The average Bonchev–Trinajstić information content (AvgIpc) is 1.58. The number of amides is 2. The zero-order valence-electron chi connectivity index (χ0n) is 5.19. The van der Waals surface area contributed by atoms with Gasteiger partial charge in [-0.25, -0.2) is 4.79 Å². The van der Waals surface area contributed by atoms with Gasteiger partial charge in [0.25, 0.3) is 0 Å². The minimum atomic E-state index is -1.88. The van der Waals surface area contributed by atoms with E-state index in [4.69, 9.17) is 5.41 Å². The molecule has 5 nitrogen and oxygen atoms in total. The molecule has 0 saturated heterocycles. The summed E-state index contributed by atoms with van der Waals surface area (Å²) < 4.78 is 11.4. The van der Waals surface area contributed by atoms with E-state index < -0.39 is 18.0 Å². The fraction of sp³-hybridized carbons (Fsp3) is 0.250. The maximum atomic E-state index is 11.4. The third kappa shape index (κ3) is 4.69. The van der Waals surface area contributed by atoms with Gasteiger partial charge in [0.2, 0.25) is 11.9 Å². The molecule has 0 radical (unpaired) electrons. The molecule has 0 aliphatic rings. The summed E-state index contributed by atoms with van der Waals surface area (Å²) in [6.45, 7) is 1.14. The minimum Gasteiger partial charge on any atom is -0.297 e. The molecule has 2 amide bonds. The molecule has 0 saturated carbocycles. The molecule has 56 valence electrons. The van der Waals surface area contributed by atoms with Crippen LogP contribution in [0.4, 0.5) is 9.18 Å². The summed E-state index contributed by atoms with van der Waals surface area (Å²) in [4.78, 5) is 19.7.